The Bertz CT molecular complexity index is 885. The van der Waals surface area contributed by atoms with Gasteiger partial charge in [-0.2, -0.15) is 0 Å². The van der Waals surface area contributed by atoms with Gasteiger partial charge in [0.15, 0.2) is 23.9 Å². The number of ketones is 1. The Morgan fingerprint density at radius 3 is 2.41 bits per heavy atom. The molecule has 29 heavy (non-hydrogen) atoms. The van der Waals surface area contributed by atoms with Gasteiger partial charge in [-0.25, -0.2) is 4.79 Å². The smallest absolute Gasteiger partial charge is 0.344 e. The van der Waals surface area contributed by atoms with E-state index in [1.807, 2.05) is 38.1 Å². The highest BCUT2D eigenvalue weighted by Crippen LogP contribution is 2.28. The van der Waals surface area contributed by atoms with Crippen LogP contribution < -0.4 is 14.2 Å². The molecule has 0 aromatic heterocycles. The van der Waals surface area contributed by atoms with Crippen LogP contribution in [0.4, 0.5) is 0 Å². The fraction of sp³-hybridized carbons (Fsp3) is 0.304. The van der Waals surface area contributed by atoms with Gasteiger partial charge < -0.3 is 18.9 Å². The third-order valence-corrected chi connectivity index (χ3v) is 4.05. The summed E-state index contributed by atoms with van der Waals surface area (Å²) in [4.78, 5) is 23.7. The number of allylic oxidation sites excluding steroid dienone is 1. The number of carbonyl (C=O) groups is 2. The minimum atomic E-state index is -0.541. The van der Waals surface area contributed by atoms with E-state index in [0.29, 0.717) is 35.0 Å². The molecule has 0 bridgehead atoms. The molecule has 0 fully saturated rings. The van der Waals surface area contributed by atoms with Crippen LogP contribution in [0.2, 0.25) is 0 Å². The predicted octanol–water partition coefficient (Wildman–Crippen LogP) is 4.45. The molecule has 0 aliphatic heterocycles. The fourth-order valence-corrected chi connectivity index (χ4v) is 2.64. The van der Waals surface area contributed by atoms with Crippen molar-refractivity contribution in [3.05, 3.63) is 59.2 Å². The topological polar surface area (TPSA) is 71.1 Å². The van der Waals surface area contributed by atoms with Crippen molar-refractivity contribution in [1.29, 1.82) is 0 Å². The van der Waals surface area contributed by atoms with Crippen LogP contribution in [0.15, 0.2) is 42.5 Å². The van der Waals surface area contributed by atoms with Crippen LogP contribution >= 0.6 is 0 Å². The number of methoxy groups -OCH3 is 1. The molecule has 6 heteroatoms. The maximum Gasteiger partial charge on any atom is 0.344 e. The molecular formula is C23H26O6. The summed E-state index contributed by atoms with van der Waals surface area (Å²) in [5.74, 6) is 0.942. The third-order valence-electron chi connectivity index (χ3n) is 4.05. The van der Waals surface area contributed by atoms with Gasteiger partial charge in [0.1, 0.15) is 12.4 Å². The van der Waals surface area contributed by atoms with E-state index >= 15 is 0 Å². The van der Waals surface area contributed by atoms with Crippen LogP contribution in [0.5, 0.6) is 17.2 Å². The van der Waals surface area contributed by atoms with Crippen molar-refractivity contribution in [1.82, 2.24) is 0 Å². The van der Waals surface area contributed by atoms with E-state index in [4.69, 9.17) is 18.9 Å². The van der Waals surface area contributed by atoms with Crippen molar-refractivity contribution in [2.75, 3.05) is 20.3 Å². The summed E-state index contributed by atoms with van der Waals surface area (Å²) in [6.45, 7) is 5.44. The zero-order valence-electron chi connectivity index (χ0n) is 17.2. The maximum absolute atomic E-state index is 12.1. The number of ether oxygens (including phenoxy) is 4. The van der Waals surface area contributed by atoms with Gasteiger partial charge in [0.25, 0.3) is 0 Å². The van der Waals surface area contributed by atoms with Crippen LogP contribution in [0.3, 0.4) is 0 Å². The summed E-state index contributed by atoms with van der Waals surface area (Å²) >= 11 is 0. The Balaban J connectivity index is 2.00. The van der Waals surface area contributed by atoms with Crippen molar-refractivity contribution in [2.24, 2.45) is 0 Å². The molecule has 0 radical (unpaired) electrons. The molecule has 154 valence electrons. The molecule has 0 saturated heterocycles. The van der Waals surface area contributed by atoms with E-state index in [1.165, 1.54) is 14.0 Å². The van der Waals surface area contributed by atoms with Crippen molar-refractivity contribution in [3.8, 4) is 17.2 Å². The summed E-state index contributed by atoms with van der Waals surface area (Å²) in [6.07, 6.45) is 3.86. The van der Waals surface area contributed by atoms with Crippen LogP contribution in [0.1, 0.15) is 42.3 Å². The summed E-state index contributed by atoms with van der Waals surface area (Å²) in [6, 6.07) is 10.5. The molecule has 2 aromatic rings. The van der Waals surface area contributed by atoms with Crippen LogP contribution in [0, 0.1) is 0 Å². The predicted molar refractivity (Wildman–Crippen MR) is 111 cm³/mol. The normalized spacial score (nSPS) is 10.6. The quantitative estimate of drug-likeness (QED) is 0.435. The zero-order valence-corrected chi connectivity index (χ0v) is 17.2. The highest BCUT2D eigenvalue weighted by Gasteiger charge is 2.13. The molecule has 0 aliphatic rings. The van der Waals surface area contributed by atoms with E-state index in [2.05, 4.69) is 0 Å². The van der Waals surface area contributed by atoms with Gasteiger partial charge in [-0.3, -0.25) is 4.79 Å². The Labute approximate surface area is 171 Å². The molecule has 2 rings (SSSR count). The molecule has 6 nitrogen and oxygen atoms in total. The van der Waals surface area contributed by atoms with Crippen LogP contribution in [-0.4, -0.2) is 32.1 Å². The number of benzene rings is 2. The summed E-state index contributed by atoms with van der Waals surface area (Å²) in [5, 5.41) is 0. The lowest BCUT2D eigenvalue weighted by Crippen LogP contribution is -2.15. The lowest BCUT2D eigenvalue weighted by Gasteiger charge is -2.13. The Hall–Kier alpha value is -3.28. The molecule has 0 amide bonds. The van der Waals surface area contributed by atoms with E-state index in [0.717, 1.165) is 5.56 Å². The first-order valence-electron chi connectivity index (χ1n) is 9.34. The molecule has 2 aromatic carbocycles. The molecule has 0 atom stereocenters. The number of hydrogen-bond donors (Lipinski definition) is 0. The number of esters is 1. The number of rotatable bonds is 10. The number of Topliss-reactive ketones (excluding diaryl/α,β-unsaturated/α-hetero) is 1. The van der Waals surface area contributed by atoms with Crippen molar-refractivity contribution in [2.45, 2.75) is 27.4 Å². The highest BCUT2D eigenvalue weighted by molar-refractivity contribution is 5.94. The first kappa shape index (κ1) is 22.0. The highest BCUT2D eigenvalue weighted by atomic mass is 16.6. The minimum absolute atomic E-state index is 0.0178. The van der Waals surface area contributed by atoms with E-state index < -0.39 is 5.97 Å². The van der Waals surface area contributed by atoms with Gasteiger partial charge in [0.2, 0.25) is 0 Å². The van der Waals surface area contributed by atoms with Gasteiger partial charge in [-0.1, -0.05) is 18.2 Å². The van der Waals surface area contributed by atoms with Crippen molar-refractivity contribution < 1.29 is 28.5 Å². The summed E-state index contributed by atoms with van der Waals surface area (Å²) in [7, 11) is 1.54. The first-order valence-corrected chi connectivity index (χ1v) is 9.34. The third kappa shape index (κ3) is 6.38. The molecular weight excluding hydrogens is 372 g/mol. The van der Waals surface area contributed by atoms with Crippen molar-refractivity contribution in [3.63, 3.8) is 0 Å². The van der Waals surface area contributed by atoms with E-state index in [-0.39, 0.29) is 19.0 Å². The maximum atomic E-state index is 12.1. The summed E-state index contributed by atoms with van der Waals surface area (Å²) < 4.78 is 21.7. The van der Waals surface area contributed by atoms with E-state index in [1.54, 1.807) is 24.3 Å². The summed E-state index contributed by atoms with van der Waals surface area (Å²) in [5.41, 5.74) is 2.12. The Kier molecular flexibility index (Phi) is 8.27. The van der Waals surface area contributed by atoms with Gasteiger partial charge in [-0.05, 0) is 56.7 Å². The van der Waals surface area contributed by atoms with Crippen molar-refractivity contribution >= 4 is 17.8 Å². The standard InChI is InChI=1S/C23H26O6/c1-5-7-17-8-10-21(22(12-17)26-4)28-15-23(25)29-14-19-13-18(16(3)24)9-11-20(19)27-6-2/h5,7-13H,6,14-15H2,1-4H3/b7-5+. The number of hydrogen-bond acceptors (Lipinski definition) is 6. The molecule has 0 N–H and O–H groups in total. The molecule has 0 heterocycles. The SMILES string of the molecule is C/C=C/c1ccc(OCC(=O)OCc2cc(C(C)=O)ccc2OCC)c(OC)c1. The average molecular weight is 398 g/mol. The Morgan fingerprint density at radius 1 is 1.00 bits per heavy atom. The zero-order chi connectivity index (χ0) is 21.2. The molecule has 0 aliphatic carbocycles. The van der Waals surface area contributed by atoms with Crippen LogP contribution in [0.25, 0.3) is 6.08 Å². The van der Waals surface area contributed by atoms with Gasteiger partial charge in [0, 0.05) is 11.1 Å². The van der Waals surface area contributed by atoms with Gasteiger partial charge in [-0.15, -0.1) is 0 Å². The van der Waals surface area contributed by atoms with Crippen LogP contribution in [-0.2, 0) is 16.1 Å². The first-order chi connectivity index (χ1) is 14.0. The molecule has 0 saturated carbocycles. The average Bonchev–Trinajstić information content (AvgIpc) is 2.72. The monoisotopic (exact) mass is 398 g/mol. The lowest BCUT2D eigenvalue weighted by molar-refractivity contribution is -0.147. The second kappa shape index (κ2) is 10.9. The minimum Gasteiger partial charge on any atom is -0.493 e. The second-order valence-corrected chi connectivity index (χ2v) is 6.17. The lowest BCUT2D eigenvalue weighted by atomic mass is 10.1. The van der Waals surface area contributed by atoms with E-state index in [9.17, 15) is 9.59 Å². The fourth-order valence-electron chi connectivity index (χ4n) is 2.64. The molecule has 0 spiro atoms. The Morgan fingerprint density at radius 2 is 1.76 bits per heavy atom. The van der Waals surface area contributed by atoms with Gasteiger partial charge >= 0.3 is 5.97 Å². The molecule has 0 unspecified atom stereocenters. The largest absolute Gasteiger partial charge is 0.493 e. The van der Waals surface area contributed by atoms with Gasteiger partial charge in [0.05, 0.1) is 13.7 Å². The number of carbonyl (C=O) groups excluding carboxylic acids is 2. The second-order valence-electron chi connectivity index (χ2n) is 6.17.